The minimum Gasteiger partial charge on any atom is -0.457 e. The summed E-state index contributed by atoms with van der Waals surface area (Å²) in [6.07, 6.45) is 0. The fraction of sp³-hybridized carbons (Fsp3) is 0.375. The van der Waals surface area contributed by atoms with Crippen LogP contribution in [0.3, 0.4) is 0 Å². The molecule has 0 aromatic heterocycles. The highest BCUT2D eigenvalue weighted by Crippen LogP contribution is 2.29. The molecule has 0 radical (unpaired) electrons. The summed E-state index contributed by atoms with van der Waals surface area (Å²) in [5.74, 6) is -1.50. The van der Waals surface area contributed by atoms with Crippen LogP contribution in [-0.4, -0.2) is 21.3 Å². The van der Waals surface area contributed by atoms with E-state index in [0.29, 0.717) is 5.56 Å². The SMILES string of the molecule is C=C(C(=O)OC(C)(C)C)[C@@H](NC(=O)C(Cl)(Cl)Cl)c1ccccc1. The molecule has 0 heterocycles. The van der Waals surface area contributed by atoms with E-state index in [2.05, 4.69) is 11.9 Å². The number of hydrogen-bond donors (Lipinski definition) is 1. The number of alkyl halides is 3. The van der Waals surface area contributed by atoms with Gasteiger partial charge in [0.05, 0.1) is 11.6 Å². The fourth-order valence-corrected chi connectivity index (χ4v) is 1.86. The highest BCUT2D eigenvalue weighted by Gasteiger charge is 2.35. The van der Waals surface area contributed by atoms with Crippen molar-refractivity contribution in [2.45, 2.75) is 36.2 Å². The summed E-state index contributed by atoms with van der Waals surface area (Å²) in [4.78, 5) is 24.2. The monoisotopic (exact) mass is 377 g/mol. The zero-order valence-electron chi connectivity index (χ0n) is 13.0. The zero-order chi connectivity index (χ0) is 17.8. The Morgan fingerprint density at radius 2 is 1.65 bits per heavy atom. The Balaban J connectivity index is 3.08. The highest BCUT2D eigenvalue weighted by atomic mass is 35.6. The van der Waals surface area contributed by atoms with Crippen LogP contribution in [0.25, 0.3) is 0 Å². The average molecular weight is 379 g/mol. The van der Waals surface area contributed by atoms with E-state index < -0.39 is 27.3 Å². The minimum atomic E-state index is -2.15. The van der Waals surface area contributed by atoms with Gasteiger partial charge in [-0.25, -0.2) is 4.79 Å². The number of amides is 1. The molecule has 1 atom stereocenters. The molecule has 0 spiro atoms. The number of esters is 1. The molecule has 0 aliphatic carbocycles. The van der Waals surface area contributed by atoms with Crippen LogP contribution in [0.15, 0.2) is 42.5 Å². The predicted octanol–water partition coefficient (Wildman–Crippen LogP) is 4.11. The molecule has 1 aromatic rings. The Kier molecular flexibility index (Phi) is 6.51. The summed E-state index contributed by atoms with van der Waals surface area (Å²) >= 11 is 16.7. The second kappa shape index (κ2) is 7.56. The number of benzene rings is 1. The Morgan fingerprint density at radius 1 is 1.13 bits per heavy atom. The number of ether oxygens (including phenoxy) is 1. The van der Waals surface area contributed by atoms with Gasteiger partial charge in [0.2, 0.25) is 0 Å². The van der Waals surface area contributed by atoms with E-state index in [9.17, 15) is 9.59 Å². The van der Waals surface area contributed by atoms with E-state index >= 15 is 0 Å². The van der Waals surface area contributed by atoms with E-state index in [-0.39, 0.29) is 5.57 Å². The van der Waals surface area contributed by atoms with Gasteiger partial charge in [-0.3, -0.25) is 4.79 Å². The third kappa shape index (κ3) is 6.42. The van der Waals surface area contributed by atoms with Crippen LogP contribution in [0, 0.1) is 0 Å². The molecule has 1 N–H and O–H groups in total. The van der Waals surface area contributed by atoms with Crippen LogP contribution >= 0.6 is 34.8 Å². The molecule has 0 unspecified atom stereocenters. The maximum absolute atomic E-state index is 12.2. The van der Waals surface area contributed by atoms with Crippen molar-refractivity contribution in [1.29, 1.82) is 0 Å². The van der Waals surface area contributed by atoms with E-state index in [4.69, 9.17) is 39.5 Å². The first-order chi connectivity index (χ1) is 10.4. The lowest BCUT2D eigenvalue weighted by molar-refractivity contribution is -0.150. The van der Waals surface area contributed by atoms with E-state index in [1.54, 1.807) is 51.1 Å². The third-order valence-corrected chi connectivity index (χ3v) is 3.19. The first kappa shape index (κ1) is 19.8. The van der Waals surface area contributed by atoms with Crippen molar-refractivity contribution in [3.63, 3.8) is 0 Å². The largest absolute Gasteiger partial charge is 0.457 e. The van der Waals surface area contributed by atoms with Gasteiger partial charge in [0.25, 0.3) is 9.70 Å². The smallest absolute Gasteiger partial charge is 0.336 e. The molecule has 23 heavy (non-hydrogen) atoms. The van der Waals surface area contributed by atoms with Crippen molar-refractivity contribution in [2.24, 2.45) is 0 Å². The Hall–Kier alpha value is -1.23. The topological polar surface area (TPSA) is 55.4 Å². The van der Waals surface area contributed by atoms with Crippen molar-refractivity contribution in [2.75, 3.05) is 0 Å². The summed E-state index contributed by atoms with van der Waals surface area (Å²) in [6, 6.07) is 7.89. The maximum atomic E-state index is 12.2. The molecule has 0 aliphatic rings. The van der Waals surface area contributed by atoms with Gasteiger partial charge in [-0.05, 0) is 26.3 Å². The van der Waals surface area contributed by atoms with Gasteiger partial charge in [0.15, 0.2) is 0 Å². The first-order valence-corrected chi connectivity index (χ1v) is 7.90. The molecule has 7 heteroatoms. The van der Waals surface area contributed by atoms with Gasteiger partial charge in [0.1, 0.15) is 5.60 Å². The summed E-state index contributed by atoms with van der Waals surface area (Å²) in [6.45, 7) is 8.93. The lowest BCUT2D eigenvalue weighted by atomic mass is 9.99. The van der Waals surface area contributed by atoms with Gasteiger partial charge < -0.3 is 10.1 Å². The van der Waals surface area contributed by atoms with Gasteiger partial charge in [-0.1, -0.05) is 71.7 Å². The lowest BCUT2D eigenvalue weighted by Crippen LogP contribution is -2.39. The van der Waals surface area contributed by atoms with Crippen molar-refractivity contribution < 1.29 is 14.3 Å². The molecular weight excluding hydrogens is 361 g/mol. The summed E-state index contributed by atoms with van der Waals surface area (Å²) < 4.78 is 3.13. The van der Waals surface area contributed by atoms with Crippen LogP contribution in [0.5, 0.6) is 0 Å². The van der Waals surface area contributed by atoms with Crippen molar-refractivity contribution in [1.82, 2.24) is 5.32 Å². The van der Waals surface area contributed by atoms with Crippen molar-refractivity contribution >= 4 is 46.7 Å². The molecule has 0 bridgehead atoms. The third-order valence-electron chi connectivity index (χ3n) is 2.68. The second-order valence-electron chi connectivity index (χ2n) is 5.84. The fourth-order valence-electron chi connectivity index (χ4n) is 1.69. The Morgan fingerprint density at radius 3 is 2.09 bits per heavy atom. The normalized spacial score (nSPS) is 13.1. The average Bonchev–Trinajstić information content (AvgIpc) is 2.41. The zero-order valence-corrected chi connectivity index (χ0v) is 15.3. The van der Waals surface area contributed by atoms with Gasteiger partial charge >= 0.3 is 5.97 Å². The van der Waals surface area contributed by atoms with Gasteiger partial charge in [-0.2, -0.15) is 0 Å². The number of rotatable bonds is 4. The molecule has 1 amide bonds. The molecule has 0 saturated carbocycles. The highest BCUT2D eigenvalue weighted by molar-refractivity contribution is 6.76. The number of nitrogens with one attached hydrogen (secondary N) is 1. The van der Waals surface area contributed by atoms with E-state index in [0.717, 1.165) is 0 Å². The molecule has 1 rings (SSSR count). The molecule has 126 valence electrons. The van der Waals surface area contributed by atoms with Gasteiger partial charge in [-0.15, -0.1) is 0 Å². The summed E-state index contributed by atoms with van der Waals surface area (Å²) in [5, 5.41) is 2.50. The molecule has 0 fully saturated rings. The standard InChI is InChI=1S/C16H18Cl3NO3/c1-10(13(21)23-15(2,3)4)12(11-8-6-5-7-9-11)20-14(22)16(17,18)19/h5-9,12H,1H2,2-4H3,(H,20,22)/t12-/m1/s1. The Labute approximate surface area is 150 Å². The number of carbonyl (C=O) groups is 2. The first-order valence-electron chi connectivity index (χ1n) is 6.76. The second-order valence-corrected chi connectivity index (χ2v) is 8.12. The van der Waals surface area contributed by atoms with Crippen LogP contribution < -0.4 is 5.32 Å². The molecule has 1 aromatic carbocycles. The van der Waals surface area contributed by atoms with E-state index in [1.165, 1.54) is 0 Å². The molecule has 4 nitrogen and oxygen atoms in total. The van der Waals surface area contributed by atoms with Gasteiger partial charge in [0, 0.05) is 0 Å². The van der Waals surface area contributed by atoms with Crippen LogP contribution in [0.1, 0.15) is 32.4 Å². The van der Waals surface area contributed by atoms with Crippen LogP contribution in [0.2, 0.25) is 0 Å². The molecule has 0 aliphatic heterocycles. The minimum absolute atomic E-state index is 0.0359. The number of carbonyl (C=O) groups excluding carboxylic acids is 2. The van der Waals surface area contributed by atoms with E-state index in [1.807, 2.05) is 0 Å². The van der Waals surface area contributed by atoms with Crippen LogP contribution in [-0.2, 0) is 14.3 Å². The number of hydrogen-bond acceptors (Lipinski definition) is 3. The van der Waals surface area contributed by atoms with Crippen molar-refractivity contribution in [3.8, 4) is 0 Å². The summed E-state index contributed by atoms with van der Waals surface area (Å²) in [5.41, 5.74) is -0.0415. The van der Waals surface area contributed by atoms with Crippen molar-refractivity contribution in [3.05, 3.63) is 48.0 Å². The lowest BCUT2D eigenvalue weighted by Gasteiger charge is -2.26. The van der Waals surface area contributed by atoms with Crippen LogP contribution in [0.4, 0.5) is 0 Å². The molecule has 0 saturated heterocycles. The predicted molar refractivity (Wildman–Crippen MR) is 92.6 cm³/mol. The summed E-state index contributed by atoms with van der Waals surface area (Å²) in [7, 11) is 0. The quantitative estimate of drug-likeness (QED) is 0.487. The molecular formula is C16H18Cl3NO3. The maximum Gasteiger partial charge on any atom is 0.336 e. The number of halogens is 3. The Bertz CT molecular complexity index is 589.